The summed E-state index contributed by atoms with van der Waals surface area (Å²) in [6, 6.07) is 0. The van der Waals surface area contributed by atoms with Crippen molar-refractivity contribution in [2.45, 2.75) is 58.3 Å². The molecule has 0 aliphatic carbocycles. The van der Waals surface area contributed by atoms with Crippen molar-refractivity contribution in [3.05, 3.63) is 23.1 Å². The Hall–Kier alpha value is -2.25. The minimum absolute atomic E-state index is 0.217. The molecule has 1 saturated heterocycles. The first-order valence-corrected chi connectivity index (χ1v) is 9.57. The van der Waals surface area contributed by atoms with Crippen molar-refractivity contribution in [1.82, 2.24) is 15.0 Å². The molecule has 142 valence electrons. The number of aromatic nitrogens is 3. The van der Waals surface area contributed by atoms with Crippen LogP contribution in [-0.2, 0) is 22.5 Å². The van der Waals surface area contributed by atoms with E-state index in [4.69, 9.17) is 13.9 Å². The smallest absolute Gasteiger partial charge is 0.229 e. The number of pyridine rings is 1. The van der Waals surface area contributed by atoms with Gasteiger partial charge in [0.2, 0.25) is 5.71 Å². The lowest BCUT2D eigenvalue weighted by Crippen LogP contribution is -2.32. The molecular weight excluding hydrogens is 344 g/mol. The summed E-state index contributed by atoms with van der Waals surface area (Å²) in [6.07, 6.45) is 4.81. The normalized spacial score (nSPS) is 21.7. The van der Waals surface area contributed by atoms with Gasteiger partial charge in [0.1, 0.15) is 11.8 Å². The molecule has 0 radical (unpaired) electrons. The Morgan fingerprint density at radius 2 is 2.15 bits per heavy atom. The van der Waals surface area contributed by atoms with Crippen molar-refractivity contribution in [1.29, 1.82) is 0 Å². The fraction of sp³-hybridized carbons (Fsp3) is 0.550. The number of hydrogen-bond donors (Lipinski definition) is 1. The highest BCUT2D eigenvalue weighted by atomic mass is 16.5. The molecule has 27 heavy (non-hydrogen) atoms. The van der Waals surface area contributed by atoms with Crippen LogP contribution in [0.15, 0.2) is 10.7 Å². The molecule has 0 bridgehead atoms. The number of nitrogens with one attached hydrogen (secondary N) is 1. The number of aryl methyl sites for hydroxylation is 1. The quantitative estimate of drug-likeness (QED) is 0.757. The third kappa shape index (κ3) is 2.85. The lowest BCUT2D eigenvalue weighted by atomic mass is 9.89. The molecule has 1 atom stereocenters. The van der Waals surface area contributed by atoms with Gasteiger partial charge in [-0.1, -0.05) is 0 Å². The minimum Gasteiger partial charge on any atom is -0.432 e. The van der Waals surface area contributed by atoms with Crippen LogP contribution in [0, 0.1) is 6.92 Å². The van der Waals surface area contributed by atoms with Crippen LogP contribution in [0.4, 0.5) is 5.82 Å². The third-order valence-electron chi connectivity index (χ3n) is 5.56. The molecule has 0 aromatic carbocycles. The first-order valence-electron chi connectivity index (χ1n) is 9.57. The standard InChI is InChI=1S/C20H24N4O3/c1-11-14-9-26-20(2,3)7-13(14)15-16-17(27-19(15)24-11)18(23-10-22-16)21-8-12-5-4-6-25-12/h10,12H,4-9H2,1-3H3,(H,21,22,23)/t12-/m0/s1. The molecule has 3 aromatic rings. The van der Waals surface area contributed by atoms with Crippen LogP contribution in [-0.4, -0.2) is 39.8 Å². The summed E-state index contributed by atoms with van der Waals surface area (Å²) in [5.41, 5.74) is 5.22. The van der Waals surface area contributed by atoms with E-state index in [1.165, 1.54) is 5.56 Å². The van der Waals surface area contributed by atoms with Gasteiger partial charge in [0.25, 0.3) is 0 Å². The van der Waals surface area contributed by atoms with E-state index < -0.39 is 0 Å². The zero-order valence-corrected chi connectivity index (χ0v) is 16.0. The molecule has 1 fully saturated rings. The zero-order valence-electron chi connectivity index (χ0n) is 16.0. The topological polar surface area (TPSA) is 82.3 Å². The van der Waals surface area contributed by atoms with Crippen molar-refractivity contribution >= 4 is 28.0 Å². The Bertz CT molecular complexity index is 1020. The zero-order chi connectivity index (χ0) is 18.6. The number of fused-ring (bicyclic) bond motifs is 5. The molecular formula is C20H24N4O3. The molecule has 0 saturated carbocycles. The molecule has 7 heteroatoms. The number of ether oxygens (including phenoxy) is 2. The molecule has 0 amide bonds. The van der Waals surface area contributed by atoms with Crippen LogP contribution in [0.1, 0.15) is 43.5 Å². The maximum absolute atomic E-state index is 6.13. The van der Waals surface area contributed by atoms with Crippen molar-refractivity contribution in [3.63, 3.8) is 0 Å². The fourth-order valence-corrected chi connectivity index (χ4v) is 4.11. The lowest BCUT2D eigenvalue weighted by molar-refractivity contribution is -0.0400. The largest absolute Gasteiger partial charge is 0.432 e. The second-order valence-corrected chi connectivity index (χ2v) is 8.08. The first kappa shape index (κ1) is 16.9. The first-order chi connectivity index (χ1) is 13.0. The molecule has 0 spiro atoms. The van der Waals surface area contributed by atoms with Crippen molar-refractivity contribution in [2.24, 2.45) is 0 Å². The summed E-state index contributed by atoms with van der Waals surface area (Å²) in [7, 11) is 0. The summed E-state index contributed by atoms with van der Waals surface area (Å²) in [4.78, 5) is 13.6. The summed E-state index contributed by atoms with van der Waals surface area (Å²) < 4.78 is 17.8. The van der Waals surface area contributed by atoms with Crippen LogP contribution in [0.5, 0.6) is 0 Å². The monoisotopic (exact) mass is 368 g/mol. The Labute approximate surface area is 157 Å². The van der Waals surface area contributed by atoms with E-state index in [2.05, 4.69) is 34.1 Å². The van der Waals surface area contributed by atoms with Crippen molar-refractivity contribution in [2.75, 3.05) is 18.5 Å². The van der Waals surface area contributed by atoms with Gasteiger partial charge >= 0.3 is 0 Å². The molecule has 3 aromatic heterocycles. The van der Waals surface area contributed by atoms with Gasteiger partial charge in [-0.3, -0.25) is 0 Å². The van der Waals surface area contributed by atoms with E-state index in [0.29, 0.717) is 30.3 Å². The molecule has 2 aliphatic heterocycles. The van der Waals surface area contributed by atoms with Crippen molar-refractivity contribution in [3.8, 4) is 0 Å². The molecule has 5 heterocycles. The SMILES string of the molecule is Cc1nc2oc3c(NC[C@@H]4CCCO4)ncnc3c2c2c1COC(C)(C)C2. The molecule has 0 unspecified atom stereocenters. The highest BCUT2D eigenvalue weighted by molar-refractivity contribution is 6.06. The van der Waals surface area contributed by atoms with Gasteiger partial charge in [-0.15, -0.1) is 0 Å². The lowest BCUT2D eigenvalue weighted by Gasteiger charge is -2.32. The van der Waals surface area contributed by atoms with E-state index in [0.717, 1.165) is 48.0 Å². The Balaban J connectivity index is 1.63. The summed E-state index contributed by atoms with van der Waals surface area (Å²) in [5.74, 6) is 0.700. The summed E-state index contributed by atoms with van der Waals surface area (Å²) in [5, 5.41) is 4.37. The summed E-state index contributed by atoms with van der Waals surface area (Å²) in [6.45, 7) is 8.36. The number of hydrogen-bond acceptors (Lipinski definition) is 7. The number of anilines is 1. The number of furan rings is 1. The second kappa shape index (κ2) is 6.14. The van der Waals surface area contributed by atoms with Crippen LogP contribution in [0.2, 0.25) is 0 Å². The third-order valence-corrected chi connectivity index (χ3v) is 5.56. The van der Waals surface area contributed by atoms with Gasteiger partial charge in [0.15, 0.2) is 11.4 Å². The van der Waals surface area contributed by atoms with Crippen LogP contribution in [0.3, 0.4) is 0 Å². The van der Waals surface area contributed by atoms with E-state index in [9.17, 15) is 0 Å². The predicted octanol–water partition coefficient (Wildman–Crippen LogP) is 3.52. The van der Waals surface area contributed by atoms with E-state index in [-0.39, 0.29) is 11.7 Å². The molecule has 1 N–H and O–H groups in total. The van der Waals surface area contributed by atoms with Gasteiger partial charge in [0, 0.05) is 30.8 Å². The highest BCUT2D eigenvalue weighted by Crippen LogP contribution is 2.39. The Morgan fingerprint density at radius 1 is 1.26 bits per heavy atom. The number of rotatable bonds is 3. The van der Waals surface area contributed by atoms with Gasteiger partial charge in [-0.2, -0.15) is 0 Å². The molecule has 7 nitrogen and oxygen atoms in total. The minimum atomic E-state index is -0.217. The average Bonchev–Trinajstić information content (AvgIpc) is 3.26. The van der Waals surface area contributed by atoms with E-state index in [1.807, 2.05) is 6.92 Å². The second-order valence-electron chi connectivity index (χ2n) is 8.08. The van der Waals surface area contributed by atoms with Gasteiger partial charge in [-0.05, 0) is 39.2 Å². The van der Waals surface area contributed by atoms with Crippen molar-refractivity contribution < 1.29 is 13.9 Å². The van der Waals surface area contributed by atoms with E-state index >= 15 is 0 Å². The van der Waals surface area contributed by atoms with Crippen LogP contribution in [0.25, 0.3) is 22.2 Å². The van der Waals surface area contributed by atoms with Gasteiger partial charge < -0.3 is 19.2 Å². The van der Waals surface area contributed by atoms with Gasteiger partial charge in [-0.25, -0.2) is 15.0 Å². The van der Waals surface area contributed by atoms with E-state index in [1.54, 1.807) is 6.33 Å². The Kier molecular flexibility index (Phi) is 3.84. The van der Waals surface area contributed by atoms with Crippen LogP contribution >= 0.6 is 0 Å². The maximum Gasteiger partial charge on any atom is 0.229 e. The fourth-order valence-electron chi connectivity index (χ4n) is 4.11. The van der Waals surface area contributed by atoms with Crippen LogP contribution < -0.4 is 5.32 Å². The average molecular weight is 368 g/mol. The highest BCUT2D eigenvalue weighted by Gasteiger charge is 2.31. The molecule has 5 rings (SSSR count). The summed E-state index contributed by atoms with van der Waals surface area (Å²) >= 11 is 0. The molecule has 2 aliphatic rings. The number of nitrogens with zero attached hydrogens (tertiary/aromatic N) is 3. The van der Waals surface area contributed by atoms with Gasteiger partial charge in [0.05, 0.1) is 23.7 Å². The Morgan fingerprint density at radius 3 is 2.96 bits per heavy atom. The maximum atomic E-state index is 6.13. The predicted molar refractivity (Wildman–Crippen MR) is 102 cm³/mol.